The van der Waals surface area contributed by atoms with Gasteiger partial charge in [-0.25, -0.2) is 9.37 Å². The molecule has 0 radical (unpaired) electrons. The minimum atomic E-state index is -0.333. The molecule has 1 heterocycles. The molecule has 0 saturated carbocycles. The van der Waals surface area contributed by atoms with Gasteiger partial charge in [-0.1, -0.05) is 0 Å². The smallest absolute Gasteiger partial charge is 0.221 e. The maximum atomic E-state index is 12.9. The molecule has 5 heteroatoms. The summed E-state index contributed by atoms with van der Waals surface area (Å²) < 4.78 is 18.9. The second-order valence-corrected chi connectivity index (χ2v) is 4.41. The molecule has 3 nitrogen and oxygen atoms in total. The molecule has 17 heavy (non-hydrogen) atoms. The highest BCUT2D eigenvalue weighted by molar-refractivity contribution is 9.10. The van der Waals surface area contributed by atoms with E-state index < -0.39 is 0 Å². The number of aromatic nitrogens is 1. The molecule has 1 aromatic carbocycles. The Balaban J connectivity index is 2.28. The van der Waals surface area contributed by atoms with Crippen molar-refractivity contribution in [3.63, 3.8) is 0 Å². The van der Waals surface area contributed by atoms with Crippen LogP contribution in [0, 0.1) is 12.7 Å². The van der Waals surface area contributed by atoms with Crippen molar-refractivity contribution >= 4 is 21.6 Å². The van der Waals surface area contributed by atoms with Crippen molar-refractivity contribution in [3.8, 4) is 11.6 Å². The van der Waals surface area contributed by atoms with Crippen LogP contribution in [0.15, 0.2) is 34.9 Å². The number of nitrogens with two attached hydrogens (primary N) is 1. The number of hydrogen-bond donors (Lipinski definition) is 1. The van der Waals surface area contributed by atoms with Gasteiger partial charge in [0.1, 0.15) is 11.6 Å². The second-order valence-electron chi connectivity index (χ2n) is 3.56. The normalized spacial score (nSPS) is 10.3. The maximum Gasteiger partial charge on any atom is 0.221 e. The van der Waals surface area contributed by atoms with E-state index in [1.165, 1.54) is 18.2 Å². The van der Waals surface area contributed by atoms with Crippen molar-refractivity contribution in [2.45, 2.75) is 6.92 Å². The number of nitrogen functional groups attached to an aromatic ring is 1. The first kappa shape index (κ1) is 11.9. The van der Waals surface area contributed by atoms with Crippen LogP contribution in [0.25, 0.3) is 0 Å². The molecule has 0 aliphatic heterocycles. The molecule has 2 aromatic rings. The van der Waals surface area contributed by atoms with Crippen LogP contribution in [0.1, 0.15) is 5.56 Å². The third-order valence-electron chi connectivity index (χ3n) is 2.23. The summed E-state index contributed by atoms with van der Waals surface area (Å²) in [6.45, 7) is 1.86. The Morgan fingerprint density at radius 3 is 2.76 bits per heavy atom. The van der Waals surface area contributed by atoms with Gasteiger partial charge in [-0.05, 0) is 46.6 Å². The number of halogens is 2. The first-order valence-electron chi connectivity index (χ1n) is 4.91. The van der Waals surface area contributed by atoms with Gasteiger partial charge in [0.2, 0.25) is 5.88 Å². The maximum absolute atomic E-state index is 12.9. The molecule has 0 unspecified atom stereocenters. The van der Waals surface area contributed by atoms with Crippen LogP contribution in [0.4, 0.5) is 10.1 Å². The Hall–Kier alpha value is -1.62. The number of pyridine rings is 1. The van der Waals surface area contributed by atoms with E-state index in [9.17, 15) is 4.39 Å². The molecule has 0 spiro atoms. The number of anilines is 1. The number of benzene rings is 1. The largest absolute Gasteiger partial charge is 0.438 e. The van der Waals surface area contributed by atoms with Crippen molar-refractivity contribution in [1.82, 2.24) is 4.98 Å². The number of rotatable bonds is 2. The average Bonchev–Trinajstić information content (AvgIpc) is 2.27. The van der Waals surface area contributed by atoms with Gasteiger partial charge in [0.25, 0.3) is 0 Å². The SMILES string of the molecule is Cc1cnc(Oc2ccc(F)cc2Br)cc1N. The third kappa shape index (κ3) is 2.74. The molecule has 0 bridgehead atoms. The van der Waals surface area contributed by atoms with E-state index in [-0.39, 0.29) is 5.82 Å². The topological polar surface area (TPSA) is 48.1 Å². The van der Waals surface area contributed by atoms with E-state index in [1.807, 2.05) is 6.92 Å². The van der Waals surface area contributed by atoms with E-state index in [4.69, 9.17) is 10.5 Å². The Labute approximate surface area is 107 Å². The van der Waals surface area contributed by atoms with Gasteiger partial charge in [0, 0.05) is 18.0 Å². The summed E-state index contributed by atoms with van der Waals surface area (Å²) in [4.78, 5) is 4.08. The lowest BCUT2D eigenvalue weighted by molar-refractivity contribution is 0.458. The zero-order chi connectivity index (χ0) is 12.4. The summed E-state index contributed by atoms with van der Waals surface area (Å²) in [7, 11) is 0. The Kier molecular flexibility index (Phi) is 3.28. The van der Waals surface area contributed by atoms with Crippen LogP contribution in [0.2, 0.25) is 0 Å². The zero-order valence-corrected chi connectivity index (χ0v) is 10.7. The van der Waals surface area contributed by atoms with Crippen LogP contribution in [-0.2, 0) is 0 Å². The van der Waals surface area contributed by atoms with Gasteiger partial charge in [-0.3, -0.25) is 0 Å². The number of hydrogen-bond acceptors (Lipinski definition) is 3. The molecule has 0 amide bonds. The summed E-state index contributed by atoms with van der Waals surface area (Å²) in [5.41, 5.74) is 7.23. The van der Waals surface area contributed by atoms with Gasteiger partial charge >= 0.3 is 0 Å². The van der Waals surface area contributed by atoms with Crippen LogP contribution in [0.3, 0.4) is 0 Å². The van der Waals surface area contributed by atoms with Crippen LogP contribution in [-0.4, -0.2) is 4.98 Å². The summed E-state index contributed by atoms with van der Waals surface area (Å²) in [5.74, 6) is 0.531. The standard InChI is InChI=1S/C12H10BrFN2O/c1-7-6-16-12(5-10(7)15)17-11-3-2-8(14)4-9(11)13/h2-6H,1H3,(H2,15,16). The highest BCUT2D eigenvalue weighted by Crippen LogP contribution is 2.30. The monoisotopic (exact) mass is 296 g/mol. The fourth-order valence-corrected chi connectivity index (χ4v) is 1.68. The van der Waals surface area contributed by atoms with Gasteiger partial charge in [0.05, 0.1) is 4.47 Å². The molecule has 2 rings (SSSR count). The molecule has 88 valence electrons. The summed E-state index contributed by atoms with van der Waals surface area (Å²) in [6.07, 6.45) is 1.63. The van der Waals surface area contributed by atoms with Gasteiger partial charge in [-0.15, -0.1) is 0 Å². The van der Waals surface area contributed by atoms with Gasteiger partial charge < -0.3 is 10.5 Å². The highest BCUT2D eigenvalue weighted by atomic mass is 79.9. The molecular formula is C12H10BrFN2O. The van der Waals surface area contributed by atoms with E-state index in [2.05, 4.69) is 20.9 Å². The molecule has 0 atom stereocenters. The molecule has 0 aliphatic carbocycles. The molecule has 0 aliphatic rings. The van der Waals surface area contributed by atoms with Crippen molar-refractivity contribution in [2.75, 3.05) is 5.73 Å². The van der Waals surface area contributed by atoms with Crippen molar-refractivity contribution in [1.29, 1.82) is 0 Å². The van der Waals surface area contributed by atoms with E-state index >= 15 is 0 Å². The fourth-order valence-electron chi connectivity index (χ4n) is 1.25. The number of nitrogens with zero attached hydrogens (tertiary/aromatic N) is 1. The molecule has 1 aromatic heterocycles. The van der Waals surface area contributed by atoms with Crippen LogP contribution >= 0.6 is 15.9 Å². The summed E-state index contributed by atoms with van der Waals surface area (Å²) in [6, 6.07) is 5.80. The van der Waals surface area contributed by atoms with Crippen molar-refractivity contribution < 1.29 is 9.13 Å². The van der Waals surface area contributed by atoms with E-state index in [1.54, 1.807) is 12.3 Å². The number of aryl methyl sites for hydroxylation is 1. The lowest BCUT2D eigenvalue weighted by Crippen LogP contribution is -1.94. The third-order valence-corrected chi connectivity index (χ3v) is 2.85. The van der Waals surface area contributed by atoms with Crippen LogP contribution < -0.4 is 10.5 Å². The van der Waals surface area contributed by atoms with Gasteiger partial charge in [0.15, 0.2) is 0 Å². The quantitative estimate of drug-likeness (QED) is 0.920. The minimum Gasteiger partial charge on any atom is -0.438 e. The predicted octanol–water partition coefficient (Wildman–Crippen LogP) is 3.67. The summed E-state index contributed by atoms with van der Waals surface area (Å²) in [5, 5.41) is 0. The Morgan fingerprint density at radius 2 is 2.12 bits per heavy atom. The Bertz CT molecular complexity index is 560. The van der Waals surface area contributed by atoms with E-state index in [0.717, 1.165) is 5.56 Å². The lowest BCUT2D eigenvalue weighted by atomic mass is 10.3. The molecule has 2 N–H and O–H groups in total. The van der Waals surface area contributed by atoms with Crippen molar-refractivity contribution in [2.24, 2.45) is 0 Å². The molecular weight excluding hydrogens is 287 g/mol. The fraction of sp³-hybridized carbons (Fsp3) is 0.0833. The first-order chi connectivity index (χ1) is 8.06. The van der Waals surface area contributed by atoms with Crippen LogP contribution in [0.5, 0.6) is 11.6 Å². The highest BCUT2D eigenvalue weighted by Gasteiger charge is 2.06. The first-order valence-corrected chi connectivity index (χ1v) is 5.70. The lowest BCUT2D eigenvalue weighted by Gasteiger charge is -2.08. The number of ether oxygens (including phenoxy) is 1. The predicted molar refractivity (Wildman–Crippen MR) is 67.6 cm³/mol. The van der Waals surface area contributed by atoms with E-state index in [0.29, 0.717) is 21.8 Å². The second kappa shape index (κ2) is 4.71. The van der Waals surface area contributed by atoms with Crippen molar-refractivity contribution in [3.05, 3.63) is 46.3 Å². The molecule has 0 fully saturated rings. The molecule has 0 saturated heterocycles. The summed E-state index contributed by atoms with van der Waals surface area (Å²) >= 11 is 3.21. The average molecular weight is 297 g/mol. The minimum absolute atomic E-state index is 0.333. The van der Waals surface area contributed by atoms with Gasteiger partial charge in [-0.2, -0.15) is 0 Å². The Morgan fingerprint density at radius 1 is 1.35 bits per heavy atom. The zero-order valence-electron chi connectivity index (χ0n) is 9.08.